The molecule has 0 aromatic heterocycles. The third-order valence-electron chi connectivity index (χ3n) is 6.57. The van der Waals surface area contributed by atoms with Crippen LogP contribution in [-0.4, -0.2) is 29.8 Å². The predicted octanol–water partition coefficient (Wildman–Crippen LogP) is 5.64. The highest BCUT2D eigenvalue weighted by Gasteiger charge is 2.47. The fraction of sp³-hybridized carbons (Fsp3) is 0.259. The number of para-hydroxylation sites is 1. The van der Waals surface area contributed by atoms with E-state index in [0.29, 0.717) is 6.07 Å². The predicted molar refractivity (Wildman–Crippen MR) is 132 cm³/mol. The molecule has 2 atom stereocenters. The van der Waals surface area contributed by atoms with Gasteiger partial charge in [0.1, 0.15) is 23.7 Å². The highest BCUT2D eigenvalue weighted by atomic mass is 35.5. The first-order valence-corrected chi connectivity index (χ1v) is 12.1. The van der Waals surface area contributed by atoms with Crippen LogP contribution in [0.5, 0.6) is 0 Å². The van der Waals surface area contributed by atoms with Gasteiger partial charge in [-0.25, -0.2) is 17.6 Å². The molecular weight excluding hydrogens is 510 g/mol. The summed E-state index contributed by atoms with van der Waals surface area (Å²) in [6.07, 6.45) is -0.818. The lowest BCUT2D eigenvalue weighted by molar-refractivity contribution is -0.132. The van der Waals surface area contributed by atoms with Gasteiger partial charge in [0.25, 0.3) is 11.8 Å². The second kappa shape index (κ2) is 9.70. The van der Waals surface area contributed by atoms with E-state index in [-0.39, 0.29) is 22.7 Å². The highest BCUT2D eigenvalue weighted by molar-refractivity contribution is 6.31. The lowest BCUT2D eigenvalue weighted by Crippen LogP contribution is -2.55. The minimum atomic E-state index is -2.89. The summed E-state index contributed by atoms with van der Waals surface area (Å²) >= 11 is 6.42. The van der Waals surface area contributed by atoms with E-state index in [1.54, 1.807) is 24.3 Å². The molecular formula is C27H22ClF4N3O2. The van der Waals surface area contributed by atoms with E-state index in [9.17, 15) is 27.2 Å². The summed E-state index contributed by atoms with van der Waals surface area (Å²) in [5.41, 5.74) is 1.56. The molecule has 0 radical (unpaired) electrons. The Morgan fingerprint density at radius 1 is 1.00 bits per heavy atom. The number of hydrogen-bond donors (Lipinski definition) is 2. The topological polar surface area (TPSA) is 61.4 Å². The number of alkyl halides is 2. The summed E-state index contributed by atoms with van der Waals surface area (Å²) in [5.74, 6) is -6.22. The lowest BCUT2D eigenvalue weighted by atomic mass is 9.87. The molecule has 10 heteroatoms. The van der Waals surface area contributed by atoms with E-state index in [0.717, 1.165) is 28.3 Å². The van der Waals surface area contributed by atoms with E-state index in [1.807, 2.05) is 12.1 Å². The number of carbonyl (C=O) groups excluding carboxylic acids is 2. The van der Waals surface area contributed by atoms with Crippen LogP contribution in [0.25, 0.3) is 0 Å². The Labute approximate surface area is 215 Å². The minimum absolute atomic E-state index is 0.124. The number of fused-ring (bicyclic) bond motifs is 1. The van der Waals surface area contributed by atoms with Gasteiger partial charge in [0.15, 0.2) is 0 Å². The van der Waals surface area contributed by atoms with Crippen molar-refractivity contribution in [3.63, 3.8) is 0 Å². The van der Waals surface area contributed by atoms with Gasteiger partial charge in [0, 0.05) is 47.6 Å². The maximum absolute atomic E-state index is 14.3. The number of nitrogens with one attached hydrogen (secondary N) is 2. The quantitative estimate of drug-likeness (QED) is 0.405. The molecule has 0 unspecified atom stereocenters. The molecule has 1 saturated carbocycles. The number of amides is 2. The maximum Gasteiger partial charge on any atom is 0.252 e. The van der Waals surface area contributed by atoms with Gasteiger partial charge in [0.2, 0.25) is 5.91 Å². The Morgan fingerprint density at radius 2 is 1.65 bits per heavy atom. The van der Waals surface area contributed by atoms with Crippen LogP contribution in [0.15, 0.2) is 66.7 Å². The van der Waals surface area contributed by atoms with Gasteiger partial charge in [-0.1, -0.05) is 48.0 Å². The molecule has 0 bridgehead atoms. The number of halogens is 5. The monoisotopic (exact) mass is 531 g/mol. The van der Waals surface area contributed by atoms with Crippen LogP contribution in [0.1, 0.15) is 30.0 Å². The summed E-state index contributed by atoms with van der Waals surface area (Å²) in [6, 6.07) is 12.9. The Morgan fingerprint density at radius 3 is 2.30 bits per heavy atom. The van der Waals surface area contributed by atoms with Crippen molar-refractivity contribution in [2.75, 3.05) is 10.2 Å². The molecule has 1 heterocycles. The lowest BCUT2D eigenvalue weighted by Gasteiger charge is -2.38. The van der Waals surface area contributed by atoms with Gasteiger partial charge < -0.3 is 10.6 Å². The molecule has 1 aliphatic carbocycles. The molecule has 5 rings (SSSR count). The molecule has 0 spiro atoms. The third-order valence-corrected chi connectivity index (χ3v) is 6.92. The molecule has 192 valence electrons. The zero-order valence-electron chi connectivity index (χ0n) is 19.4. The standard InChI is InChI=1S/C27H22ClF4N3O2/c28-21-7-3-2-6-20(21)24(25(36)33-18-13-27(31,32)14-18)35(19-11-16(29)10-17(30)12-19)26(37)23-9-15-5-1-4-8-22(15)34-23/h1-8,10-12,18,23-24,34H,9,13-14H2,(H,33,36)/t23-,24+/m0/s1. The van der Waals surface area contributed by atoms with E-state index in [1.165, 1.54) is 12.1 Å². The van der Waals surface area contributed by atoms with Crippen molar-refractivity contribution in [2.24, 2.45) is 0 Å². The molecule has 1 aliphatic heterocycles. The molecule has 2 N–H and O–H groups in total. The van der Waals surface area contributed by atoms with Crippen molar-refractivity contribution in [2.45, 2.75) is 43.3 Å². The third kappa shape index (κ3) is 5.13. The van der Waals surface area contributed by atoms with Crippen LogP contribution in [0.3, 0.4) is 0 Å². The van der Waals surface area contributed by atoms with Crippen molar-refractivity contribution >= 4 is 34.8 Å². The maximum atomic E-state index is 14.3. The summed E-state index contributed by atoms with van der Waals surface area (Å²) in [4.78, 5) is 28.6. The van der Waals surface area contributed by atoms with Crippen molar-refractivity contribution < 1.29 is 27.2 Å². The number of nitrogens with zero attached hydrogens (tertiary/aromatic N) is 1. The highest BCUT2D eigenvalue weighted by Crippen LogP contribution is 2.39. The summed E-state index contributed by atoms with van der Waals surface area (Å²) in [6.45, 7) is 0. The number of hydrogen-bond acceptors (Lipinski definition) is 3. The number of rotatable bonds is 6. The average Bonchev–Trinajstić information content (AvgIpc) is 3.25. The number of anilines is 2. The zero-order valence-corrected chi connectivity index (χ0v) is 20.1. The second-order valence-corrected chi connectivity index (χ2v) is 9.70. The Balaban J connectivity index is 1.58. The van der Waals surface area contributed by atoms with E-state index in [4.69, 9.17) is 11.6 Å². The average molecular weight is 532 g/mol. The van der Waals surface area contributed by atoms with Gasteiger partial charge >= 0.3 is 0 Å². The molecule has 1 fully saturated rings. The van der Waals surface area contributed by atoms with Gasteiger partial charge in [-0.3, -0.25) is 14.5 Å². The Hall–Kier alpha value is -3.59. The first-order valence-electron chi connectivity index (χ1n) is 11.7. The fourth-order valence-electron chi connectivity index (χ4n) is 4.83. The summed E-state index contributed by atoms with van der Waals surface area (Å²) in [5, 5.41) is 5.79. The summed E-state index contributed by atoms with van der Waals surface area (Å²) < 4.78 is 55.6. The Bertz CT molecular complexity index is 1320. The number of carbonyl (C=O) groups is 2. The molecule has 5 nitrogen and oxygen atoms in total. The normalized spacial score (nSPS) is 18.8. The first kappa shape index (κ1) is 25.1. The van der Waals surface area contributed by atoms with Crippen LogP contribution in [0, 0.1) is 11.6 Å². The smallest absolute Gasteiger partial charge is 0.252 e. The fourth-order valence-corrected chi connectivity index (χ4v) is 5.07. The van der Waals surface area contributed by atoms with Gasteiger partial charge in [-0.05, 0) is 29.8 Å². The van der Waals surface area contributed by atoms with E-state index in [2.05, 4.69) is 10.6 Å². The van der Waals surface area contributed by atoms with E-state index >= 15 is 0 Å². The molecule has 0 saturated heterocycles. The number of benzene rings is 3. The van der Waals surface area contributed by atoms with Crippen LogP contribution < -0.4 is 15.5 Å². The van der Waals surface area contributed by atoms with Gasteiger partial charge in [0.05, 0.1) is 5.69 Å². The van der Waals surface area contributed by atoms with Crippen molar-refractivity contribution in [1.82, 2.24) is 5.32 Å². The van der Waals surface area contributed by atoms with Crippen molar-refractivity contribution in [1.29, 1.82) is 0 Å². The van der Waals surface area contributed by atoms with Crippen molar-refractivity contribution in [3.8, 4) is 0 Å². The van der Waals surface area contributed by atoms with Crippen molar-refractivity contribution in [3.05, 3.63) is 94.5 Å². The minimum Gasteiger partial charge on any atom is -0.373 e. The Kier molecular flexibility index (Phi) is 6.58. The molecule has 37 heavy (non-hydrogen) atoms. The largest absolute Gasteiger partial charge is 0.373 e. The van der Waals surface area contributed by atoms with Gasteiger partial charge in [-0.2, -0.15) is 0 Å². The molecule has 2 aliphatic rings. The van der Waals surface area contributed by atoms with Gasteiger partial charge in [-0.15, -0.1) is 0 Å². The SMILES string of the molecule is O=C(NC1CC(F)(F)C1)[C@@H](c1ccccc1Cl)N(C(=O)[C@@H]1Cc2ccccc2N1)c1cc(F)cc(F)c1. The van der Waals surface area contributed by atoms with Crippen LogP contribution in [0.4, 0.5) is 28.9 Å². The zero-order chi connectivity index (χ0) is 26.3. The molecule has 2 amide bonds. The van der Waals surface area contributed by atoms with Crippen LogP contribution in [0.2, 0.25) is 5.02 Å². The first-order chi connectivity index (χ1) is 17.6. The summed E-state index contributed by atoms with van der Waals surface area (Å²) in [7, 11) is 0. The van der Waals surface area contributed by atoms with Crippen LogP contribution >= 0.6 is 11.6 Å². The molecule has 3 aromatic rings. The molecule has 3 aromatic carbocycles. The van der Waals surface area contributed by atoms with E-state index < -0.39 is 60.3 Å². The van der Waals surface area contributed by atoms with Crippen LogP contribution in [-0.2, 0) is 16.0 Å². The second-order valence-electron chi connectivity index (χ2n) is 9.29.